The van der Waals surface area contributed by atoms with E-state index in [1.807, 2.05) is 7.05 Å². The van der Waals surface area contributed by atoms with Gasteiger partial charge in [-0.2, -0.15) is 0 Å². The van der Waals surface area contributed by atoms with E-state index < -0.39 is 0 Å². The molecule has 1 aliphatic heterocycles. The van der Waals surface area contributed by atoms with Crippen LogP contribution in [0.1, 0.15) is 30.0 Å². The monoisotopic (exact) mass is 255 g/mol. The Labute approximate surface area is 107 Å². The summed E-state index contributed by atoms with van der Waals surface area (Å²) in [7, 11) is 1.99. The smallest absolute Gasteiger partial charge is 0.185 e. The SMILES string of the molecule is CNC(C)c1sc(N2CCCOCC2)nc1C. The molecule has 5 heteroatoms. The van der Waals surface area contributed by atoms with Crippen LogP contribution in [-0.2, 0) is 4.74 Å². The second-order valence-electron chi connectivity index (χ2n) is 4.41. The zero-order valence-corrected chi connectivity index (χ0v) is 11.6. The number of hydrogen-bond acceptors (Lipinski definition) is 5. The highest BCUT2D eigenvalue weighted by Gasteiger charge is 2.18. The van der Waals surface area contributed by atoms with E-state index >= 15 is 0 Å². The molecule has 0 bridgehead atoms. The number of ether oxygens (including phenoxy) is 1. The number of nitrogens with one attached hydrogen (secondary N) is 1. The minimum absolute atomic E-state index is 0.379. The molecule has 1 N–H and O–H groups in total. The molecule has 4 nitrogen and oxygen atoms in total. The van der Waals surface area contributed by atoms with Crippen LogP contribution in [0.15, 0.2) is 0 Å². The fraction of sp³-hybridized carbons (Fsp3) is 0.750. The van der Waals surface area contributed by atoms with Crippen molar-refractivity contribution in [1.82, 2.24) is 10.3 Å². The van der Waals surface area contributed by atoms with Gasteiger partial charge in [-0.25, -0.2) is 4.98 Å². The number of rotatable bonds is 3. The van der Waals surface area contributed by atoms with Gasteiger partial charge in [-0.1, -0.05) is 0 Å². The van der Waals surface area contributed by atoms with Crippen LogP contribution >= 0.6 is 11.3 Å². The molecule has 1 atom stereocenters. The molecule has 1 aromatic heterocycles. The Hall–Kier alpha value is -0.650. The molecule has 2 rings (SSSR count). The molecule has 0 spiro atoms. The summed E-state index contributed by atoms with van der Waals surface area (Å²) in [6.07, 6.45) is 1.09. The molecule has 0 saturated carbocycles. The van der Waals surface area contributed by atoms with Gasteiger partial charge in [0.2, 0.25) is 0 Å². The van der Waals surface area contributed by atoms with E-state index in [4.69, 9.17) is 9.72 Å². The van der Waals surface area contributed by atoms with Gasteiger partial charge in [0.1, 0.15) is 0 Å². The van der Waals surface area contributed by atoms with Crippen LogP contribution in [0.3, 0.4) is 0 Å². The summed E-state index contributed by atoms with van der Waals surface area (Å²) in [4.78, 5) is 8.38. The topological polar surface area (TPSA) is 37.4 Å². The van der Waals surface area contributed by atoms with Gasteiger partial charge in [0, 0.05) is 30.6 Å². The molecule has 1 fully saturated rings. The highest BCUT2D eigenvalue weighted by molar-refractivity contribution is 7.15. The second-order valence-corrected chi connectivity index (χ2v) is 5.42. The van der Waals surface area contributed by atoms with Crippen molar-refractivity contribution in [1.29, 1.82) is 0 Å². The summed E-state index contributed by atoms with van der Waals surface area (Å²) in [6.45, 7) is 7.98. The molecule has 96 valence electrons. The Morgan fingerprint density at radius 3 is 3.00 bits per heavy atom. The molecule has 0 amide bonds. The van der Waals surface area contributed by atoms with Crippen molar-refractivity contribution in [2.24, 2.45) is 0 Å². The van der Waals surface area contributed by atoms with Crippen molar-refractivity contribution in [3.63, 3.8) is 0 Å². The largest absolute Gasteiger partial charge is 0.380 e. The third kappa shape index (κ3) is 2.97. The molecule has 1 aromatic rings. The summed E-state index contributed by atoms with van der Waals surface area (Å²) < 4.78 is 5.47. The third-order valence-electron chi connectivity index (χ3n) is 3.14. The van der Waals surface area contributed by atoms with Gasteiger partial charge in [-0.05, 0) is 27.3 Å². The fourth-order valence-electron chi connectivity index (χ4n) is 2.00. The first-order valence-electron chi connectivity index (χ1n) is 6.19. The quantitative estimate of drug-likeness (QED) is 0.896. The average molecular weight is 255 g/mol. The lowest BCUT2D eigenvalue weighted by Gasteiger charge is -2.17. The van der Waals surface area contributed by atoms with Crippen molar-refractivity contribution in [2.45, 2.75) is 26.3 Å². The van der Waals surface area contributed by atoms with E-state index in [1.54, 1.807) is 11.3 Å². The number of aromatic nitrogens is 1. The summed E-state index contributed by atoms with van der Waals surface area (Å²) in [5, 5.41) is 4.42. The standard InChI is InChI=1S/C12H21N3OS/c1-9(13-3)11-10(2)14-12(17-11)15-5-4-7-16-8-6-15/h9,13H,4-8H2,1-3H3. The summed E-state index contributed by atoms with van der Waals surface area (Å²) >= 11 is 1.80. The van der Waals surface area contributed by atoms with Crippen molar-refractivity contribution < 1.29 is 4.74 Å². The van der Waals surface area contributed by atoms with E-state index in [0.717, 1.165) is 43.5 Å². The van der Waals surface area contributed by atoms with Crippen LogP contribution in [-0.4, -0.2) is 38.3 Å². The van der Waals surface area contributed by atoms with Crippen molar-refractivity contribution >= 4 is 16.5 Å². The van der Waals surface area contributed by atoms with Crippen LogP contribution in [0.25, 0.3) is 0 Å². The zero-order chi connectivity index (χ0) is 12.3. The Morgan fingerprint density at radius 1 is 1.41 bits per heavy atom. The first kappa shape index (κ1) is 12.8. The predicted octanol–water partition coefficient (Wildman–Crippen LogP) is 1.96. The molecular formula is C12H21N3OS. The van der Waals surface area contributed by atoms with E-state index in [1.165, 1.54) is 4.88 Å². The number of thiazole rings is 1. The van der Waals surface area contributed by atoms with Crippen molar-refractivity contribution in [3.05, 3.63) is 10.6 Å². The van der Waals surface area contributed by atoms with Crippen LogP contribution in [0.2, 0.25) is 0 Å². The Kier molecular flexibility index (Phi) is 4.36. The van der Waals surface area contributed by atoms with Crippen molar-refractivity contribution in [3.8, 4) is 0 Å². The maximum absolute atomic E-state index is 5.47. The summed E-state index contributed by atoms with van der Waals surface area (Å²) in [5.74, 6) is 0. The zero-order valence-electron chi connectivity index (χ0n) is 10.8. The normalized spacial score (nSPS) is 19.1. The predicted molar refractivity (Wildman–Crippen MR) is 72.0 cm³/mol. The Balaban J connectivity index is 2.15. The third-order valence-corrected chi connectivity index (χ3v) is 4.54. The maximum atomic E-state index is 5.47. The lowest BCUT2D eigenvalue weighted by molar-refractivity contribution is 0.152. The minimum atomic E-state index is 0.379. The number of aryl methyl sites for hydroxylation is 1. The van der Waals surface area contributed by atoms with Gasteiger partial charge in [0.05, 0.1) is 12.3 Å². The Morgan fingerprint density at radius 2 is 2.24 bits per heavy atom. The Bertz CT molecular complexity index is 359. The number of anilines is 1. The molecule has 1 saturated heterocycles. The first-order chi connectivity index (χ1) is 8.22. The molecular weight excluding hydrogens is 234 g/mol. The lowest BCUT2D eigenvalue weighted by Crippen LogP contribution is -2.25. The number of hydrogen-bond donors (Lipinski definition) is 1. The van der Waals surface area contributed by atoms with E-state index in [-0.39, 0.29) is 0 Å². The maximum Gasteiger partial charge on any atom is 0.185 e. The molecule has 0 aromatic carbocycles. The highest BCUT2D eigenvalue weighted by atomic mass is 32.1. The van der Waals surface area contributed by atoms with Crippen LogP contribution in [0.5, 0.6) is 0 Å². The van der Waals surface area contributed by atoms with Crippen LogP contribution in [0.4, 0.5) is 5.13 Å². The average Bonchev–Trinajstić information content (AvgIpc) is 2.57. The summed E-state index contributed by atoms with van der Waals surface area (Å²) in [6, 6.07) is 0.379. The molecule has 2 heterocycles. The van der Waals surface area contributed by atoms with Gasteiger partial charge < -0.3 is 15.0 Å². The minimum Gasteiger partial charge on any atom is -0.380 e. The molecule has 17 heavy (non-hydrogen) atoms. The van der Waals surface area contributed by atoms with Gasteiger partial charge in [-0.15, -0.1) is 11.3 Å². The van der Waals surface area contributed by atoms with Gasteiger partial charge >= 0.3 is 0 Å². The van der Waals surface area contributed by atoms with E-state index in [2.05, 4.69) is 24.1 Å². The van der Waals surface area contributed by atoms with E-state index in [0.29, 0.717) is 6.04 Å². The second kappa shape index (κ2) is 5.80. The van der Waals surface area contributed by atoms with Crippen molar-refractivity contribution in [2.75, 3.05) is 38.3 Å². The van der Waals surface area contributed by atoms with Gasteiger partial charge in [0.15, 0.2) is 5.13 Å². The lowest BCUT2D eigenvalue weighted by atomic mass is 10.2. The van der Waals surface area contributed by atoms with Gasteiger partial charge in [-0.3, -0.25) is 0 Å². The molecule has 1 aliphatic rings. The van der Waals surface area contributed by atoms with Crippen LogP contribution in [0, 0.1) is 6.92 Å². The van der Waals surface area contributed by atoms with E-state index in [9.17, 15) is 0 Å². The molecule has 0 aliphatic carbocycles. The first-order valence-corrected chi connectivity index (χ1v) is 7.01. The fourth-order valence-corrected chi connectivity index (χ4v) is 3.18. The van der Waals surface area contributed by atoms with Gasteiger partial charge in [0.25, 0.3) is 0 Å². The highest BCUT2D eigenvalue weighted by Crippen LogP contribution is 2.30. The number of nitrogens with zero attached hydrogens (tertiary/aromatic N) is 2. The molecule has 0 radical (unpaired) electrons. The molecule has 1 unspecified atom stereocenters. The summed E-state index contributed by atoms with van der Waals surface area (Å²) in [5.41, 5.74) is 1.15. The van der Waals surface area contributed by atoms with Crippen LogP contribution < -0.4 is 10.2 Å².